The van der Waals surface area contributed by atoms with Gasteiger partial charge in [-0.2, -0.15) is 5.10 Å². The molecule has 3 aromatic heterocycles. The van der Waals surface area contributed by atoms with Crippen LogP contribution in [0, 0.1) is 0 Å². The average Bonchev–Trinajstić information content (AvgIpc) is 3.55. The number of thiazole rings is 1. The third kappa shape index (κ3) is 4.27. The number of fused-ring (bicyclic) bond motifs is 2. The largest absolute Gasteiger partial charge is 0.310 e. The van der Waals surface area contributed by atoms with Gasteiger partial charge in [0.15, 0.2) is 10.8 Å². The highest BCUT2D eigenvalue weighted by Gasteiger charge is 2.13. The van der Waals surface area contributed by atoms with Gasteiger partial charge >= 0.3 is 0 Å². The Morgan fingerprint density at radius 2 is 1.78 bits per heavy atom. The molecule has 0 spiro atoms. The third-order valence-electron chi connectivity index (χ3n) is 5.87. The molecule has 0 bridgehead atoms. The molecule has 8 nitrogen and oxygen atoms in total. The summed E-state index contributed by atoms with van der Waals surface area (Å²) in [7, 11) is 0. The fourth-order valence-corrected chi connectivity index (χ4v) is 4.80. The van der Waals surface area contributed by atoms with E-state index in [1.165, 1.54) is 22.9 Å². The predicted molar refractivity (Wildman–Crippen MR) is 141 cm³/mol. The fraction of sp³-hybridized carbons (Fsp3) is 0.0741. The Hall–Kier alpha value is -4.63. The number of hydrogen-bond acceptors (Lipinski definition) is 6. The first-order chi connectivity index (χ1) is 17.6. The molecule has 3 heterocycles. The highest BCUT2D eigenvalue weighted by Crippen LogP contribution is 2.28. The minimum Gasteiger partial charge on any atom is -0.310 e. The number of benzene rings is 3. The standard InChI is InChI=1S/C27H20N6O2S/c34-24(32-27-29-22(16-36-27)19-11-10-17-6-4-5-7-18(17)14-19)13-12-23-30-25-21(26(35)31-23)15-28-33(25)20-8-2-1-3-9-20/h1-11,14-16H,12-13H2,(H,29,32,34)(H,30,31,35). The lowest BCUT2D eigenvalue weighted by Crippen LogP contribution is -2.16. The number of aromatic amines is 1. The monoisotopic (exact) mass is 492 g/mol. The van der Waals surface area contributed by atoms with Crippen LogP contribution >= 0.6 is 11.3 Å². The number of carbonyl (C=O) groups excluding carboxylic acids is 1. The number of nitrogens with zero attached hydrogens (tertiary/aromatic N) is 4. The fourth-order valence-electron chi connectivity index (χ4n) is 4.07. The maximum Gasteiger partial charge on any atom is 0.262 e. The molecule has 1 amide bonds. The topological polar surface area (TPSA) is 106 Å². The molecule has 0 radical (unpaired) electrons. The number of carbonyl (C=O) groups is 1. The summed E-state index contributed by atoms with van der Waals surface area (Å²) in [4.78, 5) is 37.1. The van der Waals surface area contributed by atoms with Crippen LogP contribution in [0.1, 0.15) is 12.2 Å². The SMILES string of the molecule is O=C(CCc1nc2c(cnn2-c2ccccc2)c(=O)[nH]1)Nc1nc(-c2ccc3ccccc3c2)cs1. The molecular formula is C27H20N6O2S. The molecule has 36 heavy (non-hydrogen) atoms. The summed E-state index contributed by atoms with van der Waals surface area (Å²) in [5.41, 5.74) is 2.79. The summed E-state index contributed by atoms with van der Waals surface area (Å²) < 4.78 is 1.62. The number of hydrogen-bond donors (Lipinski definition) is 2. The Morgan fingerprint density at radius 3 is 2.64 bits per heavy atom. The second kappa shape index (κ2) is 9.20. The molecule has 6 rings (SSSR count). The number of aryl methyl sites for hydroxylation is 1. The Morgan fingerprint density at radius 1 is 0.972 bits per heavy atom. The van der Waals surface area contributed by atoms with Crippen LogP contribution in [-0.2, 0) is 11.2 Å². The molecule has 0 aliphatic heterocycles. The van der Waals surface area contributed by atoms with E-state index in [2.05, 4.69) is 49.6 Å². The second-order valence-electron chi connectivity index (χ2n) is 8.29. The van der Waals surface area contributed by atoms with E-state index < -0.39 is 0 Å². The van der Waals surface area contributed by atoms with Crippen LogP contribution in [-0.4, -0.2) is 30.6 Å². The molecule has 2 N–H and O–H groups in total. The van der Waals surface area contributed by atoms with Crippen molar-refractivity contribution in [1.82, 2.24) is 24.7 Å². The molecule has 0 atom stereocenters. The van der Waals surface area contributed by atoms with Crippen LogP contribution in [0.3, 0.4) is 0 Å². The van der Waals surface area contributed by atoms with Crippen molar-refractivity contribution < 1.29 is 4.79 Å². The first kappa shape index (κ1) is 21.9. The van der Waals surface area contributed by atoms with Gasteiger partial charge in [-0.15, -0.1) is 11.3 Å². The quantitative estimate of drug-likeness (QED) is 0.342. The maximum atomic E-state index is 12.6. The van der Waals surface area contributed by atoms with Gasteiger partial charge in [0.25, 0.3) is 5.56 Å². The Bertz CT molecular complexity index is 1770. The van der Waals surface area contributed by atoms with Crippen LogP contribution in [0.4, 0.5) is 5.13 Å². The van der Waals surface area contributed by atoms with Gasteiger partial charge in [-0.25, -0.2) is 14.6 Å². The van der Waals surface area contributed by atoms with Crippen LogP contribution in [0.15, 0.2) is 89.2 Å². The molecule has 0 saturated carbocycles. The lowest BCUT2D eigenvalue weighted by atomic mass is 10.1. The number of amides is 1. The van der Waals surface area contributed by atoms with Gasteiger partial charge in [0.05, 0.1) is 17.6 Å². The number of rotatable bonds is 6. The van der Waals surface area contributed by atoms with Crippen LogP contribution in [0.5, 0.6) is 0 Å². The first-order valence-corrected chi connectivity index (χ1v) is 12.3. The van der Waals surface area contributed by atoms with Crippen molar-refractivity contribution >= 4 is 44.2 Å². The Kier molecular flexibility index (Phi) is 5.59. The Balaban J connectivity index is 1.15. The highest BCUT2D eigenvalue weighted by molar-refractivity contribution is 7.14. The van der Waals surface area contributed by atoms with E-state index in [0.29, 0.717) is 22.0 Å². The lowest BCUT2D eigenvalue weighted by Gasteiger charge is -2.05. The molecular weight excluding hydrogens is 472 g/mol. The van der Waals surface area contributed by atoms with Crippen LogP contribution in [0.25, 0.3) is 38.8 Å². The van der Waals surface area contributed by atoms with E-state index >= 15 is 0 Å². The summed E-state index contributed by atoms with van der Waals surface area (Å²) in [6.45, 7) is 0. The molecule has 3 aromatic carbocycles. The maximum absolute atomic E-state index is 12.6. The van der Waals surface area contributed by atoms with Gasteiger partial charge in [-0.05, 0) is 29.0 Å². The van der Waals surface area contributed by atoms with Crippen molar-refractivity contribution in [2.75, 3.05) is 5.32 Å². The molecule has 0 unspecified atom stereocenters. The van der Waals surface area contributed by atoms with Crippen molar-refractivity contribution in [2.24, 2.45) is 0 Å². The van der Waals surface area contributed by atoms with E-state index in [1.807, 2.05) is 53.9 Å². The van der Waals surface area contributed by atoms with Crippen molar-refractivity contribution in [3.63, 3.8) is 0 Å². The number of anilines is 1. The minimum atomic E-state index is -0.280. The number of para-hydroxylation sites is 1. The van der Waals surface area contributed by atoms with E-state index in [1.54, 1.807) is 4.68 Å². The zero-order chi connectivity index (χ0) is 24.5. The van der Waals surface area contributed by atoms with Crippen molar-refractivity contribution in [2.45, 2.75) is 12.8 Å². The average molecular weight is 493 g/mol. The van der Waals surface area contributed by atoms with Crippen LogP contribution in [0.2, 0.25) is 0 Å². The van der Waals surface area contributed by atoms with E-state index in [4.69, 9.17) is 0 Å². The number of aromatic nitrogens is 5. The smallest absolute Gasteiger partial charge is 0.262 e. The van der Waals surface area contributed by atoms with Gasteiger partial charge in [0.1, 0.15) is 11.2 Å². The van der Waals surface area contributed by atoms with Gasteiger partial charge in [0, 0.05) is 23.8 Å². The van der Waals surface area contributed by atoms with Crippen molar-refractivity contribution in [1.29, 1.82) is 0 Å². The van der Waals surface area contributed by atoms with E-state index in [9.17, 15) is 9.59 Å². The molecule has 9 heteroatoms. The normalized spacial score (nSPS) is 11.2. The van der Waals surface area contributed by atoms with Gasteiger partial charge in [-0.3, -0.25) is 9.59 Å². The summed E-state index contributed by atoms with van der Waals surface area (Å²) in [5, 5.41) is 12.3. The van der Waals surface area contributed by atoms with E-state index in [0.717, 1.165) is 22.3 Å². The molecule has 176 valence electrons. The van der Waals surface area contributed by atoms with Crippen LogP contribution < -0.4 is 10.9 Å². The van der Waals surface area contributed by atoms with Gasteiger partial charge < -0.3 is 10.3 Å². The van der Waals surface area contributed by atoms with E-state index in [-0.39, 0.29) is 24.3 Å². The Labute approximate surface area is 209 Å². The van der Waals surface area contributed by atoms with Crippen molar-refractivity contribution in [3.8, 4) is 16.9 Å². The predicted octanol–water partition coefficient (Wildman–Crippen LogP) is 4.96. The zero-order valence-corrected chi connectivity index (χ0v) is 19.8. The first-order valence-electron chi connectivity index (χ1n) is 11.4. The molecule has 0 aliphatic carbocycles. The summed E-state index contributed by atoms with van der Waals surface area (Å²) in [5.74, 6) is 0.227. The third-order valence-corrected chi connectivity index (χ3v) is 6.63. The summed E-state index contributed by atoms with van der Waals surface area (Å²) >= 11 is 1.38. The molecule has 0 aliphatic rings. The molecule has 6 aromatic rings. The summed E-state index contributed by atoms with van der Waals surface area (Å²) in [6.07, 6.45) is 1.93. The molecule has 0 saturated heterocycles. The minimum absolute atomic E-state index is 0.152. The van der Waals surface area contributed by atoms with Crippen molar-refractivity contribution in [3.05, 3.63) is 101 Å². The summed E-state index contributed by atoms with van der Waals surface area (Å²) in [6, 6.07) is 23.8. The van der Waals surface area contributed by atoms with Gasteiger partial charge in [-0.1, -0.05) is 54.6 Å². The second-order valence-corrected chi connectivity index (χ2v) is 9.15. The number of H-pyrrole nitrogens is 1. The number of nitrogens with one attached hydrogen (secondary N) is 2. The lowest BCUT2D eigenvalue weighted by molar-refractivity contribution is -0.116. The highest BCUT2D eigenvalue weighted by atomic mass is 32.1. The van der Waals surface area contributed by atoms with Gasteiger partial charge in [0.2, 0.25) is 5.91 Å². The molecule has 0 fully saturated rings. The zero-order valence-electron chi connectivity index (χ0n) is 19.0.